The van der Waals surface area contributed by atoms with E-state index in [2.05, 4.69) is 6.92 Å². The average Bonchev–Trinajstić information content (AvgIpc) is 1.82. The van der Waals surface area contributed by atoms with Crippen molar-refractivity contribution in [1.29, 1.82) is 0 Å². The Morgan fingerprint density at radius 2 is 1.60 bits per heavy atom. The molecule has 1 heteroatoms. The lowest BCUT2D eigenvalue weighted by atomic mass is 10.0. The molecule has 0 amide bonds. The predicted molar refractivity (Wildman–Crippen MR) is 40.3 cm³/mol. The summed E-state index contributed by atoms with van der Waals surface area (Å²) in [4.78, 5) is 0. The van der Waals surface area contributed by atoms with E-state index < -0.39 is 0 Å². The third-order valence-corrected chi connectivity index (χ3v) is 1.66. The standard InChI is InChI=1S/C9H10F/c1-6-4-9(10)5-7(2)8(6)3/h4-5H,3H2,1-2H3. The summed E-state index contributed by atoms with van der Waals surface area (Å²) in [5.41, 5.74) is 2.76. The first-order chi connectivity index (χ1) is 4.61. The van der Waals surface area contributed by atoms with Crippen molar-refractivity contribution in [2.24, 2.45) is 0 Å². The van der Waals surface area contributed by atoms with Gasteiger partial charge in [-0.1, -0.05) is 0 Å². The molecule has 1 aromatic carbocycles. The maximum atomic E-state index is 12.6. The van der Waals surface area contributed by atoms with Gasteiger partial charge in [-0.25, -0.2) is 4.39 Å². The Labute approximate surface area is 60.7 Å². The Kier molecular flexibility index (Phi) is 1.75. The highest BCUT2D eigenvalue weighted by Crippen LogP contribution is 2.13. The molecule has 0 nitrogen and oxygen atoms in total. The van der Waals surface area contributed by atoms with Crippen molar-refractivity contribution in [3.63, 3.8) is 0 Å². The van der Waals surface area contributed by atoms with Crippen molar-refractivity contribution >= 4 is 0 Å². The van der Waals surface area contributed by atoms with Crippen LogP contribution >= 0.6 is 0 Å². The van der Waals surface area contributed by atoms with Crippen LogP contribution in [0.3, 0.4) is 0 Å². The van der Waals surface area contributed by atoms with Gasteiger partial charge in [-0.05, 0) is 49.6 Å². The number of aryl methyl sites for hydroxylation is 2. The van der Waals surface area contributed by atoms with E-state index in [9.17, 15) is 4.39 Å². The van der Waals surface area contributed by atoms with E-state index in [-0.39, 0.29) is 5.82 Å². The van der Waals surface area contributed by atoms with Crippen LogP contribution in [0.2, 0.25) is 0 Å². The number of rotatable bonds is 0. The zero-order valence-corrected chi connectivity index (χ0v) is 6.24. The van der Waals surface area contributed by atoms with Crippen LogP contribution < -0.4 is 0 Å². The Morgan fingerprint density at radius 3 is 2.00 bits per heavy atom. The first-order valence-corrected chi connectivity index (χ1v) is 3.20. The van der Waals surface area contributed by atoms with Gasteiger partial charge in [0.1, 0.15) is 5.82 Å². The van der Waals surface area contributed by atoms with Gasteiger partial charge >= 0.3 is 0 Å². The Bertz CT molecular complexity index is 228. The van der Waals surface area contributed by atoms with Crippen LogP contribution in [0.4, 0.5) is 4.39 Å². The quantitative estimate of drug-likeness (QED) is 0.515. The van der Waals surface area contributed by atoms with E-state index in [1.807, 2.05) is 13.8 Å². The van der Waals surface area contributed by atoms with Crippen LogP contribution in [0.25, 0.3) is 0 Å². The molecule has 0 saturated heterocycles. The molecule has 0 bridgehead atoms. The highest BCUT2D eigenvalue weighted by atomic mass is 19.1. The summed E-state index contributed by atoms with van der Waals surface area (Å²) in [5.74, 6) is -0.178. The van der Waals surface area contributed by atoms with Crippen molar-refractivity contribution < 1.29 is 4.39 Å². The van der Waals surface area contributed by atoms with Crippen LogP contribution in [-0.2, 0) is 0 Å². The van der Waals surface area contributed by atoms with Crippen molar-refractivity contribution in [3.8, 4) is 0 Å². The second-order valence-electron chi connectivity index (χ2n) is 2.52. The summed E-state index contributed by atoms with van der Waals surface area (Å²) < 4.78 is 12.6. The topological polar surface area (TPSA) is 0 Å². The van der Waals surface area contributed by atoms with Crippen LogP contribution in [0.15, 0.2) is 12.1 Å². The summed E-state index contributed by atoms with van der Waals surface area (Å²) in [7, 11) is 0. The molecule has 0 atom stereocenters. The number of halogens is 1. The van der Waals surface area contributed by atoms with Gasteiger partial charge in [0.05, 0.1) is 0 Å². The normalized spacial score (nSPS) is 10.0. The van der Waals surface area contributed by atoms with Crippen LogP contribution in [0.1, 0.15) is 16.7 Å². The molecule has 0 spiro atoms. The molecule has 0 heterocycles. The van der Waals surface area contributed by atoms with E-state index in [0.717, 1.165) is 16.7 Å². The monoisotopic (exact) mass is 137 g/mol. The molecule has 53 valence electrons. The second kappa shape index (κ2) is 2.41. The minimum atomic E-state index is -0.178. The zero-order chi connectivity index (χ0) is 7.72. The lowest BCUT2D eigenvalue weighted by molar-refractivity contribution is 0.625. The molecular weight excluding hydrogens is 127 g/mol. The fraction of sp³-hybridized carbons (Fsp3) is 0.222. The molecule has 0 aliphatic heterocycles. The fourth-order valence-electron chi connectivity index (χ4n) is 0.941. The number of benzene rings is 1. The largest absolute Gasteiger partial charge is 0.207 e. The highest BCUT2D eigenvalue weighted by molar-refractivity contribution is 5.36. The van der Waals surface area contributed by atoms with Gasteiger partial charge in [0.15, 0.2) is 0 Å². The van der Waals surface area contributed by atoms with Crippen molar-refractivity contribution in [2.45, 2.75) is 13.8 Å². The molecule has 0 N–H and O–H groups in total. The van der Waals surface area contributed by atoms with E-state index in [0.29, 0.717) is 0 Å². The number of hydrogen-bond donors (Lipinski definition) is 0. The van der Waals surface area contributed by atoms with E-state index in [1.54, 1.807) is 0 Å². The van der Waals surface area contributed by atoms with Crippen molar-refractivity contribution in [1.82, 2.24) is 0 Å². The van der Waals surface area contributed by atoms with Gasteiger partial charge in [0.2, 0.25) is 0 Å². The average molecular weight is 137 g/mol. The molecule has 0 saturated carbocycles. The van der Waals surface area contributed by atoms with Gasteiger partial charge in [0, 0.05) is 0 Å². The minimum absolute atomic E-state index is 0.178. The molecule has 0 aliphatic carbocycles. The van der Waals surface area contributed by atoms with Crippen LogP contribution in [0, 0.1) is 26.6 Å². The van der Waals surface area contributed by atoms with E-state index in [4.69, 9.17) is 0 Å². The number of hydrogen-bond acceptors (Lipinski definition) is 0. The van der Waals surface area contributed by atoms with Gasteiger partial charge < -0.3 is 0 Å². The summed E-state index contributed by atoms with van der Waals surface area (Å²) in [6, 6.07) is 2.99. The molecule has 0 fully saturated rings. The maximum Gasteiger partial charge on any atom is 0.123 e. The lowest BCUT2D eigenvalue weighted by Crippen LogP contribution is -1.87. The summed E-state index contributed by atoms with van der Waals surface area (Å²) in [5, 5.41) is 0. The molecule has 1 rings (SSSR count). The molecule has 0 aliphatic rings. The summed E-state index contributed by atoms with van der Waals surface area (Å²) in [6.45, 7) is 7.51. The Morgan fingerprint density at radius 1 is 1.20 bits per heavy atom. The minimum Gasteiger partial charge on any atom is -0.207 e. The van der Waals surface area contributed by atoms with Gasteiger partial charge in [-0.2, -0.15) is 0 Å². The molecular formula is C9H10F. The molecule has 1 radical (unpaired) electrons. The third-order valence-electron chi connectivity index (χ3n) is 1.66. The Hall–Kier alpha value is -0.850. The lowest BCUT2D eigenvalue weighted by Gasteiger charge is -2.02. The first kappa shape index (κ1) is 7.26. The molecule has 1 aromatic rings. The van der Waals surface area contributed by atoms with Crippen LogP contribution in [0.5, 0.6) is 0 Å². The second-order valence-corrected chi connectivity index (χ2v) is 2.52. The Balaban J connectivity index is 3.31. The van der Waals surface area contributed by atoms with Gasteiger partial charge in [-0.15, -0.1) is 0 Å². The summed E-state index contributed by atoms with van der Waals surface area (Å²) in [6.07, 6.45) is 0. The van der Waals surface area contributed by atoms with Gasteiger partial charge in [-0.3, -0.25) is 0 Å². The fourth-order valence-corrected chi connectivity index (χ4v) is 0.941. The maximum absolute atomic E-state index is 12.6. The molecule has 0 unspecified atom stereocenters. The summed E-state index contributed by atoms with van der Waals surface area (Å²) >= 11 is 0. The highest BCUT2D eigenvalue weighted by Gasteiger charge is 1.98. The van der Waals surface area contributed by atoms with Crippen molar-refractivity contribution in [3.05, 3.63) is 41.6 Å². The molecule has 10 heavy (non-hydrogen) atoms. The zero-order valence-electron chi connectivity index (χ0n) is 6.24. The van der Waals surface area contributed by atoms with Gasteiger partial charge in [0.25, 0.3) is 0 Å². The first-order valence-electron chi connectivity index (χ1n) is 3.20. The SMILES string of the molecule is [CH2]c1c(C)cc(F)cc1C. The third kappa shape index (κ3) is 1.18. The van der Waals surface area contributed by atoms with E-state index in [1.165, 1.54) is 12.1 Å². The predicted octanol–water partition coefficient (Wildman–Crippen LogP) is 2.62. The van der Waals surface area contributed by atoms with E-state index >= 15 is 0 Å². The smallest absolute Gasteiger partial charge is 0.123 e. The van der Waals surface area contributed by atoms with Crippen molar-refractivity contribution in [2.75, 3.05) is 0 Å². The van der Waals surface area contributed by atoms with Crippen LogP contribution in [-0.4, -0.2) is 0 Å². The molecule has 0 aromatic heterocycles.